The first-order chi connectivity index (χ1) is 15.0. The summed E-state index contributed by atoms with van der Waals surface area (Å²) in [5, 5.41) is 0. The zero-order valence-corrected chi connectivity index (χ0v) is 18.8. The highest BCUT2D eigenvalue weighted by atomic mass is 16.5. The predicted molar refractivity (Wildman–Crippen MR) is 127 cm³/mol. The molecule has 0 atom stereocenters. The van der Waals surface area contributed by atoms with E-state index < -0.39 is 0 Å². The number of para-hydroxylation sites is 2. The summed E-state index contributed by atoms with van der Waals surface area (Å²) >= 11 is 0. The maximum Gasteiger partial charge on any atom is 0.225 e. The second-order valence-corrected chi connectivity index (χ2v) is 7.36. The first kappa shape index (κ1) is 22.2. The Bertz CT molecular complexity index is 1100. The van der Waals surface area contributed by atoms with Gasteiger partial charge in [0.25, 0.3) is 0 Å². The molecule has 4 heteroatoms. The molecule has 0 aliphatic carbocycles. The van der Waals surface area contributed by atoms with Crippen LogP contribution in [0.4, 0.5) is 5.69 Å². The monoisotopic (exact) mass is 415 g/mol. The molecule has 0 unspecified atom stereocenters. The number of aryl methyl sites for hydroxylation is 3. The Labute approximate surface area is 184 Å². The number of hydrogen-bond donors (Lipinski definition) is 0. The van der Waals surface area contributed by atoms with E-state index in [4.69, 9.17) is 19.2 Å². The molecule has 31 heavy (non-hydrogen) atoms. The third-order valence-electron chi connectivity index (χ3n) is 5.01. The van der Waals surface area contributed by atoms with Crippen molar-refractivity contribution in [1.82, 2.24) is 0 Å². The fraction of sp³-hybridized carbons (Fsp3) is 0.222. The molecule has 0 spiro atoms. The number of hydrogen-bond acceptors (Lipinski definition) is 4. The molecule has 0 saturated carbocycles. The normalized spacial score (nSPS) is 11.9. The Kier molecular flexibility index (Phi) is 7.50. The van der Waals surface area contributed by atoms with E-state index in [0.717, 1.165) is 23.4 Å². The fourth-order valence-corrected chi connectivity index (χ4v) is 2.96. The predicted octanol–water partition coefficient (Wildman–Crippen LogP) is 6.97. The summed E-state index contributed by atoms with van der Waals surface area (Å²) in [6.45, 7) is 8.20. The van der Waals surface area contributed by atoms with Gasteiger partial charge in [0.05, 0.1) is 19.1 Å². The first-order valence-corrected chi connectivity index (χ1v) is 10.4. The van der Waals surface area contributed by atoms with Gasteiger partial charge in [-0.15, -0.1) is 0 Å². The maximum absolute atomic E-state index is 6.21. The van der Waals surface area contributed by atoms with Crippen molar-refractivity contribution >= 4 is 11.6 Å². The van der Waals surface area contributed by atoms with Crippen molar-refractivity contribution in [2.75, 3.05) is 7.11 Å². The fourth-order valence-electron chi connectivity index (χ4n) is 2.96. The van der Waals surface area contributed by atoms with Crippen molar-refractivity contribution in [2.24, 2.45) is 4.99 Å². The van der Waals surface area contributed by atoms with Crippen LogP contribution in [-0.4, -0.2) is 13.0 Å². The third-order valence-corrected chi connectivity index (χ3v) is 5.01. The van der Waals surface area contributed by atoms with Crippen molar-refractivity contribution in [3.05, 3.63) is 95.3 Å². The van der Waals surface area contributed by atoms with Crippen LogP contribution in [0.5, 0.6) is 17.2 Å². The lowest BCUT2D eigenvalue weighted by Gasteiger charge is -2.12. The van der Waals surface area contributed by atoms with Gasteiger partial charge in [0, 0.05) is 5.57 Å². The average molecular weight is 416 g/mol. The molecule has 0 heterocycles. The van der Waals surface area contributed by atoms with Gasteiger partial charge in [0.1, 0.15) is 5.75 Å². The number of methoxy groups -OCH3 is 1. The zero-order valence-electron chi connectivity index (χ0n) is 18.8. The standard InChI is InChI=1S/C27H29NO3/c1-6-22-10-9-11-24(17-22)31-27(28-23-15-14-19(2)20(3)16-23)21(4)18-30-26-13-8-7-12-25(26)29-5/h7-18H,6H2,1-5H3/b21-18+,28-27?. The summed E-state index contributed by atoms with van der Waals surface area (Å²) in [5.74, 6) is 2.51. The molecule has 0 N–H and O–H groups in total. The number of rotatable bonds is 7. The molecule has 3 aromatic carbocycles. The van der Waals surface area contributed by atoms with E-state index in [9.17, 15) is 0 Å². The van der Waals surface area contributed by atoms with E-state index in [1.165, 1.54) is 16.7 Å². The minimum atomic E-state index is 0.478. The van der Waals surface area contributed by atoms with Crippen molar-refractivity contribution in [2.45, 2.75) is 34.1 Å². The minimum Gasteiger partial charge on any atom is -0.493 e. The van der Waals surface area contributed by atoms with Gasteiger partial charge in [-0.3, -0.25) is 0 Å². The van der Waals surface area contributed by atoms with Crippen LogP contribution >= 0.6 is 0 Å². The molecule has 3 aromatic rings. The van der Waals surface area contributed by atoms with Crippen LogP contribution in [0.15, 0.2) is 83.6 Å². The van der Waals surface area contributed by atoms with E-state index in [-0.39, 0.29) is 0 Å². The van der Waals surface area contributed by atoms with Crippen LogP contribution in [-0.2, 0) is 6.42 Å². The van der Waals surface area contributed by atoms with Gasteiger partial charge in [-0.25, -0.2) is 4.99 Å². The van der Waals surface area contributed by atoms with E-state index in [0.29, 0.717) is 17.4 Å². The quantitative estimate of drug-likeness (QED) is 0.238. The molecule has 160 valence electrons. The largest absolute Gasteiger partial charge is 0.493 e. The summed E-state index contributed by atoms with van der Waals surface area (Å²) in [7, 11) is 1.62. The molecule has 0 amide bonds. The van der Waals surface area contributed by atoms with Crippen LogP contribution in [0, 0.1) is 13.8 Å². The van der Waals surface area contributed by atoms with Gasteiger partial charge < -0.3 is 14.2 Å². The molecular formula is C27H29NO3. The summed E-state index contributed by atoms with van der Waals surface area (Å²) in [5.41, 5.74) is 5.19. The molecule has 0 aliphatic heterocycles. The molecular weight excluding hydrogens is 386 g/mol. The lowest BCUT2D eigenvalue weighted by molar-refractivity contribution is 0.377. The lowest BCUT2D eigenvalue weighted by Crippen LogP contribution is -2.11. The van der Waals surface area contributed by atoms with Gasteiger partial charge in [-0.1, -0.05) is 37.3 Å². The number of nitrogens with zero attached hydrogens (tertiary/aromatic N) is 1. The Morgan fingerprint density at radius 2 is 1.68 bits per heavy atom. The van der Waals surface area contributed by atoms with Crippen molar-refractivity contribution < 1.29 is 14.2 Å². The van der Waals surface area contributed by atoms with Crippen LogP contribution < -0.4 is 14.2 Å². The second-order valence-electron chi connectivity index (χ2n) is 7.36. The Morgan fingerprint density at radius 1 is 0.903 bits per heavy atom. The number of aliphatic imine (C=N–C) groups is 1. The van der Waals surface area contributed by atoms with Crippen LogP contribution in [0.3, 0.4) is 0 Å². The Hall–Kier alpha value is -3.53. The smallest absolute Gasteiger partial charge is 0.225 e. The second kappa shape index (κ2) is 10.5. The molecule has 0 fully saturated rings. The first-order valence-electron chi connectivity index (χ1n) is 10.4. The van der Waals surface area contributed by atoms with Crippen LogP contribution in [0.1, 0.15) is 30.5 Å². The summed E-state index contributed by atoms with van der Waals surface area (Å²) in [6, 6.07) is 21.7. The summed E-state index contributed by atoms with van der Waals surface area (Å²) in [6.07, 6.45) is 2.58. The summed E-state index contributed by atoms with van der Waals surface area (Å²) in [4.78, 5) is 4.78. The highest BCUT2D eigenvalue weighted by Gasteiger charge is 2.10. The molecule has 0 bridgehead atoms. The molecule has 0 radical (unpaired) electrons. The van der Waals surface area contributed by atoms with Crippen molar-refractivity contribution in [3.63, 3.8) is 0 Å². The van der Waals surface area contributed by atoms with E-state index >= 15 is 0 Å². The lowest BCUT2D eigenvalue weighted by atomic mass is 10.1. The van der Waals surface area contributed by atoms with Gasteiger partial charge in [-0.2, -0.15) is 0 Å². The highest BCUT2D eigenvalue weighted by Crippen LogP contribution is 2.27. The van der Waals surface area contributed by atoms with E-state index in [2.05, 4.69) is 39.0 Å². The van der Waals surface area contributed by atoms with E-state index in [1.54, 1.807) is 13.4 Å². The van der Waals surface area contributed by atoms with Gasteiger partial charge in [0.2, 0.25) is 5.90 Å². The maximum atomic E-state index is 6.21. The van der Waals surface area contributed by atoms with Crippen molar-refractivity contribution in [1.29, 1.82) is 0 Å². The van der Waals surface area contributed by atoms with E-state index in [1.807, 2.05) is 55.5 Å². The molecule has 3 rings (SSSR count). The highest BCUT2D eigenvalue weighted by molar-refractivity contribution is 5.96. The topological polar surface area (TPSA) is 40.0 Å². The van der Waals surface area contributed by atoms with Gasteiger partial charge in [0.15, 0.2) is 11.5 Å². The average Bonchev–Trinajstić information content (AvgIpc) is 2.79. The number of ether oxygens (including phenoxy) is 3. The van der Waals surface area contributed by atoms with Crippen LogP contribution in [0.25, 0.3) is 0 Å². The zero-order chi connectivity index (χ0) is 22.2. The van der Waals surface area contributed by atoms with Crippen molar-refractivity contribution in [3.8, 4) is 17.2 Å². The third kappa shape index (κ3) is 5.98. The van der Waals surface area contributed by atoms with Crippen LogP contribution in [0.2, 0.25) is 0 Å². The minimum absolute atomic E-state index is 0.478. The van der Waals surface area contributed by atoms with Gasteiger partial charge >= 0.3 is 0 Å². The Morgan fingerprint density at radius 3 is 2.39 bits per heavy atom. The molecule has 0 aliphatic rings. The Balaban J connectivity index is 1.95. The molecule has 4 nitrogen and oxygen atoms in total. The number of benzene rings is 3. The molecule has 0 aromatic heterocycles. The molecule has 0 saturated heterocycles. The van der Waals surface area contributed by atoms with Gasteiger partial charge in [-0.05, 0) is 80.3 Å². The summed E-state index contributed by atoms with van der Waals surface area (Å²) < 4.78 is 17.5. The SMILES string of the molecule is CCc1cccc(OC(=Nc2ccc(C)c(C)c2)/C(C)=C/Oc2ccccc2OC)c1.